The van der Waals surface area contributed by atoms with Crippen LogP contribution in [0.2, 0.25) is 0 Å². The van der Waals surface area contributed by atoms with E-state index in [9.17, 15) is 4.79 Å². The summed E-state index contributed by atoms with van der Waals surface area (Å²) in [7, 11) is 0. The average molecular weight is 258 g/mol. The molecule has 0 aliphatic carbocycles. The lowest BCUT2D eigenvalue weighted by molar-refractivity contribution is 0.0206. The molecule has 2 heterocycles. The summed E-state index contributed by atoms with van der Waals surface area (Å²) in [5.41, 5.74) is 1.36. The highest BCUT2D eigenvalue weighted by atomic mass is 16.5. The number of amides is 1. The molecule has 1 aromatic heterocycles. The van der Waals surface area contributed by atoms with Crippen molar-refractivity contribution in [3.63, 3.8) is 0 Å². The first kappa shape index (κ1) is 12.2. The maximum absolute atomic E-state index is 12.3. The van der Waals surface area contributed by atoms with Crippen LogP contribution < -0.4 is 5.32 Å². The van der Waals surface area contributed by atoms with Crippen molar-refractivity contribution in [2.75, 3.05) is 13.2 Å². The lowest BCUT2D eigenvalue weighted by Gasteiger charge is -2.23. The number of nitrogens with one attached hydrogen (secondary N) is 2. The lowest BCUT2D eigenvalue weighted by atomic mass is 10.0. The van der Waals surface area contributed by atoms with Crippen molar-refractivity contribution in [3.8, 4) is 0 Å². The minimum absolute atomic E-state index is 0.0511. The Morgan fingerprint density at radius 3 is 3.16 bits per heavy atom. The maximum atomic E-state index is 12.3. The maximum Gasteiger partial charge on any atom is 0.253 e. The predicted molar refractivity (Wildman–Crippen MR) is 74.2 cm³/mol. The van der Waals surface area contributed by atoms with Crippen LogP contribution in [0, 0.1) is 0 Å². The summed E-state index contributed by atoms with van der Waals surface area (Å²) >= 11 is 0. The van der Waals surface area contributed by atoms with Crippen LogP contribution in [-0.2, 0) is 4.74 Å². The molecule has 4 nitrogen and oxygen atoms in total. The van der Waals surface area contributed by atoms with E-state index in [4.69, 9.17) is 4.74 Å². The van der Waals surface area contributed by atoms with Gasteiger partial charge in [-0.05, 0) is 31.9 Å². The van der Waals surface area contributed by atoms with Gasteiger partial charge in [-0.25, -0.2) is 0 Å². The van der Waals surface area contributed by atoms with Gasteiger partial charge >= 0.3 is 0 Å². The van der Waals surface area contributed by atoms with Gasteiger partial charge in [0, 0.05) is 24.7 Å². The fourth-order valence-corrected chi connectivity index (χ4v) is 2.61. The number of para-hydroxylation sites is 1. The second-order valence-electron chi connectivity index (χ2n) is 5.33. The molecule has 4 heteroatoms. The Labute approximate surface area is 112 Å². The summed E-state index contributed by atoms with van der Waals surface area (Å²) in [6.07, 6.45) is 3.92. The highest BCUT2D eigenvalue weighted by Crippen LogP contribution is 2.24. The SMILES string of the molecule is CC1(CNC(=O)c2cccc3cc[nH]c23)CCCO1. The quantitative estimate of drug-likeness (QED) is 0.888. The van der Waals surface area contributed by atoms with Crippen LogP contribution in [-0.4, -0.2) is 29.6 Å². The van der Waals surface area contributed by atoms with Gasteiger partial charge in [0.1, 0.15) is 0 Å². The molecule has 0 saturated carbocycles. The number of carbonyl (C=O) groups excluding carboxylic acids is 1. The summed E-state index contributed by atoms with van der Waals surface area (Å²) in [5.74, 6) is -0.0511. The van der Waals surface area contributed by atoms with E-state index >= 15 is 0 Å². The molecule has 0 bridgehead atoms. The number of ether oxygens (including phenoxy) is 1. The first-order valence-corrected chi connectivity index (χ1v) is 6.66. The van der Waals surface area contributed by atoms with Crippen molar-refractivity contribution in [1.82, 2.24) is 10.3 Å². The van der Waals surface area contributed by atoms with Gasteiger partial charge in [0.05, 0.1) is 16.7 Å². The summed E-state index contributed by atoms with van der Waals surface area (Å²) in [5, 5.41) is 4.03. The Balaban J connectivity index is 1.75. The predicted octanol–water partition coefficient (Wildman–Crippen LogP) is 2.47. The molecule has 19 heavy (non-hydrogen) atoms. The van der Waals surface area contributed by atoms with E-state index in [2.05, 4.69) is 17.2 Å². The molecule has 2 N–H and O–H groups in total. The van der Waals surface area contributed by atoms with Gasteiger partial charge in [-0.3, -0.25) is 4.79 Å². The van der Waals surface area contributed by atoms with Gasteiger partial charge in [0.15, 0.2) is 0 Å². The van der Waals surface area contributed by atoms with Gasteiger partial charge in [-0.1, -0.05) is 12.1 Å². The fourth-order valence-electron chi connectivity index (χ4n) is 2.61. The Morgan fingerprint density at radius 1 is 1.47 bits per heavy atom. The molecule has 1 atom stereocenters. The number of fused-ring (bicyclic) bond motifs is 1. The Kier molecular flexibility index (Phi) is 3.03. The average Bonchev–Trinajstić information content (AvgIpc) is 3.04. The van der Waals surface area contributed by atoms with Crippen LogP contribution in [0.15, 0.2) is 30.5 Å². The van der Waals surface area contributed by atoms with E-state index in [0.717, 1.165) is 30.4 Å². The van der Waals surface area contributed by atoms with Gasteiger partial charge in [0.2, 0.25) is 0 Å². The van der Waals surface area contributed by atoms with Crippen LogP contribution in [0.25, 0.3) is 10.9 Å². The van der Waals surface area contributed by atoms with E-state index in [-0.39, 0.29) is 11.5 Å². The Hall–Kier alpha value is -1.81. The monoisotopic (exact) mass is 258 g/mol. The first-order chi connectivity index (χ1) is 9.18. The number of carbonyl (C=O) groups is 1. The molecule has 0 radical (unpaired) electrons. The minimum Gasteiger partial charge on any atom is -0.373 e. The van der Waals surface area contributed by atoms with E-state index in [1.54, 1.807) is 0 Å². The third kappa shape index (κ3) is 2.36. The highest BCUT2D eigenvalue weighted by molar-refractivity contribution is 6.05. The fraction of sp³-hybridized carbons (Fsp3) is 0.400. The van der Waals surface area contributed by atoms with Gasteiger partial charge in [-0.15, -0.1) is 0 Å². The molecule has 0 spiro atoms. The molecule has 3 rings (SSSR count). The standard InChI is InChI=1S/C15H18N2O2/c1-15(7-3-9-19-15)10-17-14(18)12-5-2-4-11-6-8-16-13(11)12/h2,4-6,8,16H,3,7,9-10H2,1H3,(H,17,18). The van der Waals surface area contributed by atoms with E-state index in [1.807, 2.05) is 30.5 Å². The third-order valence-electron chi connectivity index (χ3n) is 3.76. The van der Waals surface area contributed by atoms with Crippen molar-refractivity contribution in [2.45, 2.75) is 25.4 Å². The zero-order chi connectivity index (χ0) is 13.3. The van der Waals surface area contributed by atoms with Crippen molar-refractivity contribution in [1.29, 1.82) is 0 Å². The van der Waals surface area contributed by atoms with E-state index in [1.165, 1.54) is 0 Å². The topological polar surface area (TPSA) is 54.1 Å². The summed E-state index contributed by atoms with van der Waals surface area (Å²) in [4.78, 5) is 15.4. The van der Waals surface area contributed by atoms with Crippen LogP contribution in [0.1, 0.15) is 30.1 Å². The van der Waals surface area contributed by atoms with Crippen molar-refractivity contribution in [3.05, 3.63) is 36.0 Å². The van der Waals surface area contributed by atoms with Crippen molar-refractivity contribution in [2.24, 2.45) is 0 Å². The second kappa shape index (κ2) is 4.70. The van der Waals surface area contributed by atoms with Crippen LogP contribution >= 0.6 is 0 Å². The number of hydrogen-bond acceptors (Lipinski definition) is 2. The molecule has 1 aromatic carbocycles. The number of benzene rings is 1. The van der Waals surface area contributed by atoms with Gasteiger partial charge in [-0.2, -0.15) is 0 Å². The van der Waals surface area contributed by atoms with Gasteiger partial charge in [0.25, 0.3) is 5.91 Å². The lowest BCUT2D eigenvalue weighted by Crippen LogP contribution is -2.40. The number of hydrogen-bond donors (Lipinski definition) is 2. The van der Waals surface area contributed by atoms with Crippen LogP contribution in [0.4, 0.5) is 0 Å². The molecular weight excluding hydrogens is 240 g/mol. The highest BCUT2D eigenvalue weighted by Gasteiger charge is 2.30. The number of H-pyrrole nitrogens is 1. The molecule has 1 aliphatic heterocycles. The largest absolute Gasteiger partial charge is 0.373 e. The van der Waals surface area contributed by atoms with Crippen LogP contribution in [0.5, 0.6) is 0 Å². The molecule has 1 fully saturated rings. The summed E-state index contributed by atoms with van der Waals surface area (Å²) in [6.45, 7) is 3.40. The molecule has 100 valence electrons. The molecule has 1 saturated heterocycles. The molecular formula is C15H18N2O2. The van der Waals surface area contributed by atoms with E-state index < -0.39 is 0 Å². The first-order valence-electron chi connectivity index (χ1n) is 6.66. The smallest absolute Gasteiger partial charge is 0.253 e. The normalized spacial score (nSPS) is 22.8. The van der Waals surface area contributed by atoms with Crippen LogP contribution in [0.3, 0.4) is 0 Å². The number of aromatic nitrogens is 1. The zero-order valence-corrected chi connectivity index (χ0v) is 11.0. The number of rotatable bonds is 3. The Morgan fingerprint density at radius 2 is 2.37 bits per heavy atom. The summed E-state index contributed by atoms with van der Waals surface area (Å²) in [6, 6.07) is 7.70. The number of aromatic amines is 1. The second-order valence-corrected chi connectivity index (χ2v) is 5.33. The minimum atomic E-state index is -0.209. The van der Waals surface area contributed by atoms with Crippen molar-refractivity contribution >= 4 is 16.8 Å². The molecule has 1 aliphatic rings. The van der Waals surface area contributed by atoms with Gasteiger partial charge < -0.3 is 15.0 Å². The molecule has 2 aromatic rings. The van der Waals surface area contributed by atoms with Crippen molar-refractivity contribution < 1.29 is 9.53 Å². The third-order valence-corrected chi connectivity index (χ3v) is 3.76. The zero-order valence-electron chi connectivity index (χ0n) is 11.0. The molecule has 1 unspecified atom stereocenters. The molecule has 1 amide bonds. The van der Waals surface area contributed by atoms with E-state index in [0.29, 0.717) is 12.1 Å². The summed E-state index contributed by atoms with van der Waals surface area (Å²) < 4.78 is 5.68. The Bertz CT molecular complexity index is 597.